The normalized spacial score (nSPS) is 11.6. The van der Waals surface area contributed by atoms with Crippen molar-refractivity contribution in [1.29, 1.82) is 0 Å². The summed E-state index contributed by atoms with van der Waals surface area (Å²) in [6.07, 6.45) is -7.04. The van der Waals surface area contributed by atoms with Crippen molar-refractivity contribution in [2.75, 3.05) is 0 Å². The summed E-state index contributed by atoms with van der Waals surface area (Å²) in [5.74, 6) is -6.25. The Bertz CT molecular complexity index is 1080. The van der Waals surface area contributed by atoms with E-state index in [-0.39, 0.29) is 18.6 Å². The van der Waals surface area contributed by atoms with E-state index in [1.54, 1.807) is 0 Å². The number of carbonyl (C=O) groups is 3. The number of aliphatic carboxylic acids is 2. The minimum Gasteiger partial charge on any atom is -0.475 e. The van der Waals surface area contributed by atoms with Crippen LogP contribution in [0.2, 0.25) is 0 Å². The number of nitrogens with one attached hydrogen (secondary N) is 1. The van der Waals surface area contributed by atoms with E-state index in [2.05, 4.69) is 9.97 Å². The molecule has 38 heavy (non-hydrogen) atoms. The average molecular weight is 563 g/mol. The number of benzene rings is 1. The molecule has 0 amide bonds. The smallest absolute Gasteiger partial charge is 0.475 e. The second-order valence-electron chi connectivity index (χ2n) is 6.47. The molecule has 0 aliphatic heterocycles. The van der Waals surface area contributed by atoms with E-state index in [4.69, 9.17) is 30.3 Å². The van der Waals surface area contributed by atoms with Gasteiger partial charge in [0.25, 0.3) is 11.4 Å². The first kappa shape index (κ1) is 33.2. The Balaban J connectivity index is 0.000000804. The molecule has 210 valence electrons. The highest BCUT2D eigenvalue weighted by atomic mass is 19.4. The Kier molecular flexibility index (Phi) is 12.3. The number of rotatable bonds is 7. The Morgan fingerprint density at radius 1 is 0.974 bits per heavy atom. The summed E-state index contributed by atoms with van der Waals surface area (Å²) in [7, 11) is 0. The van der Waals surface area contributed by atoms with Crippen LogP contribution < -0.4 is 5.73 Å². The van der Waals surface area contributed by atoms with Crippen LogP contribution in [0.5, 0.6) is 0 Å². The molecule has 1 aromatic carbocycles. The minimum atomic E-state index is -5.08. The molecule has 0 saturated carbocycles. The molecule has 0 fully saturated rings. The largest absolute Gasteiger partial charge is 0.490 e. The lowest BCUT2D eigenvalue weighted by molar-refractivity contribution is -0.394. The molecule has 2 rings (SSSR count). The van der Waals surface area contributed by atoms with Gasteiger partial charge in [0.1, 0.15) is 12.6 Å². The van der Waals surface area contributed by atoms with Gasteiger partial charge in [0, 0.05) is 36.0 Å². The number of carboxylic acid groups (broad SMARTS) is 2. The van der Waals surface area contributed by atoms with Crippen LogP contribution in [0, 0.1) is 20.2 Å². The topological polar surface area (TPSA) is 242 Å². The van der Waals surface area contributed by atoms with E-state index in [0.29, 0.717) is 5.69 Å². The molecule has 15 nitrogen and oxygen atoms in total. The number of aromatic nitrogens is 2. The predicted octanol–water partition coefficient (Wildman–Crippen LogP) is 2.11. The van der Waals surface area contributed by atoms with E-state index in [9.17, 15) is 51.4 Å². The van der Waals surface area contributed by atoms with Gasteiger partial charge < -0.3 is 25.7 Å². The van der Waals surface area contributed by atoms with E-state index < -0.39 is 57.5 Å². The lowest BCUT2D eigenvalue weighted by Gasteiger charge is -2.10. The molecule has 5 N–H and O–H groups in total. The van der Waals surface area contributed by atoms with Crippen molar-refractivity contribution in [3.63, 3.8) is 0 Å². The van der Waals surface area contributed by atoms with Gasteiger partial charge in [0.05, 0.1) is 22.2 Å². The fraction of sp³-hybridized carbons (Fsp3) is 0.294. The number of carbonyl (C=O) groups excluding carboxylic acids is 1. The maximum atomic E-state index is 11.8. The number of nitro groups is 2. The molecular weight excluding hydrogens is 548 g/mol. The molecule has 0 aliphatic carbocycles. The van der Waals surface area contributed by atoms with Crippen molar-refractivity contribution >= 4 is 29.3 Å². The van der Waals surface area contributed by atoms with Crippen molar-refractivity contribution in [2.24, 2.45) is 5.73 Å². The number of hydrogen-bond donors (Lipinski definition) is 4. The van der Waals surface area contributed by atoms with Crippen LogP contribution in [0.15, 0.2) is 30.7 Å². The molecule has 0 radical (unpaired) electrons. The van der Waals surface area contributed by atoms with E-state index >= 15 is 0 Å². The van der Waals surface area contributed by atoms with Crippen molar-refractivity contribution in [3.05, 3.63) is 62.2 Å². The van der Waals surface area contributed by atoms with Gasteiger partial charge in [-0.1, -0.05) is 0 Å². The van der Waals surface area contributed by atoms with Gasteiger partial charge in [-0.3, -0.25) is 25.0 Å². The first-order valence-corrected chi connectivity index (χ1v) is 9.18. The number of alkyl halides is 6. The third-order valence-electron chi connectivity index (χ3n) is 3.55. The highest BCUT2D eigenvalue weighted by Crippen LogP contribution is 2.23. The molecule has 0 spiro atoms. The first-order chi connectivity index (χ1) is 17.2. The molecule has 0 saturated heterocycles. The lowest BCUT2D eigenvalue weighted by Crippen LogP contribution is -2.34. The summed E-state index contributed by atoms with van der Waals surface area (Å²) >= 11 is 0. The molecule has 0 unspecified atom stereocenters. The van der Waals surface area contributed by atoms with Crippen LogP contribution in [0.1, 0.15) is 11.3 Å². The van der Waals surface area contributed by atoms with Crippen LogP contribution in [-0.2, 0) is 32.1 Å². The van der Waals surface area contributed by atoms with E-state index in [1.165, 1.54) is 12.5 Å². The van der Waals surface area contributed by atoms with Crippen molar-refractivity contribution in [1.82, 2.24) is 9.97 Å². The van der Waals surface area contributed by atoms with Gasteiger partial charge in [-0.2, -0.15) is 26.3 Å². The number of H-pyrrole nitrogens is 1. The maximum Gasteiger partial charge on any atom is 0.490 e. The highest BCUT2D eigenvalue weighted by molar-refractivity contribution is 5.76. The molecule has 2 aromatic rings. The number of hydrogen-bond acceptors (Lipinski definition) is 10. The molecule has 0 bridgehead atoms. The summed E-state index contributed by atoms with van der Waals surface area (Å²) in [6.45, 7) is -0.363. The number of aromatic amines is 1. The number of nitro benzene ring substituents is 2. The number of esters is 1. The zero-order valence-electron chi connectivity index (χ0n) is 18.2. The Morgan fingerprint density at radius 3 is 1.71 bits per heavy atom. The lowest BCUT2D eigenvalue weighted by atomic mass is 10.1. The zero-order valence-corrected chi connectivity index (χ0v) is 18.2. The maximum absolute atomic E-state index is 11.8. The van der Waals surface area contributed by atoms with Gasteiger partial charge in [0.2, 0.25) is 0 Å². The van der Waals surface area contributed by atoms with Gasteiger partial charge in [-0.05, 0) is 0 Å². The standard InChI is InChI=1S/C13H13N5O6.2C2HF3O2/c14-12(3-9-5-15-7-16-9)13(19)24-6-8-1-10(17(20)21)4-11(2-8)18(22)23;2*3-2(4,5)1(6)7/h1-2,4-5,7,12H,3,6,14H2,(H,15,16);2*(H,6,7)/t12-;;/m0../s1. The fourth-order valence-electron chi connectivity index (χ4n) is 1.93. The van der Waals surface area contributed by atoms with Gasteiger partial charge in [-0.25, -0.2) is 14.6 Å². The van der Waals surface area contributed by atoms with Crippen LogP contribution >= 0.6 is 0 Å². The van der Waals surface area contributed by atoms with Gasteiger partial charge in [0.15, 0.2) is 0 Å². The Hall–Kier alpha value is -4.82. The second-order valence-corrected chi connectivity index (χ2v) is 6.47. The number of non-ortho nitro benzene ring substituents is 2. The Morgan fingerprint density at radius 2 is 1.39 bits per heavy atom. The number of nitrogens with two attached hydrogens (primary N) is 1. The minimum absolute atomic E-state index is 0.123. The third kappa shape index (κ3) is 12.8. The second kappa shape index (κ2) is 14.1. The van der Waals surface area contributed by atoms with Crippen molar-refractivity contribution < 1.29 is 65.5 Å². The molecule has 1 heterocycles. The number of halogens is 6. The SMILES string of the molecule is N[C@@H](Cc1cnc[nH]1)C(=O)OCc1cc([N+](=O)[O-])cc([N+](=O)[O-])c1.O=C(O)C(F)(F)F.O=C(O)C(F)(F)F. The molecule has 0 aliphatic rings. The van der Waals surface area contributed by atoms with Gasteiger partial charge in [-0.15, -0.1) is 0 Å². The van der Waals surface area contributed by atoms with Crippen molar-refractivity contribution in [2.45, 2.75) is 31.4 Å². The molecule has 21 heteroatoms. The zero-order chi connectivity index (χ0) is 29.8. The average Bonchev–Trinajstić information content (AvgIpc) is 3.29. The summed E-state index contributed by atoms with van der Waals surface area (Å²) in [6, 6.07) is 2.07. The van der Waals surface area contributed by atoms with Gasteiger partial charge >= 0.3 is 30.3 Å². The van der Waals surface area contributed by atoms with Crippen LogP contribution in [-0.4, -0.2) is 66.3 Å². The molecular formula is C17H15F6N5O10. The van der Waals surface area contributed by atoms with Crippen LogP contribution in [0.3, 0.4) is 0 Å². The summed E-state index contributed by atoms with van der Waals surface area (Å²) < 4.78 is 68.4. The monoisotopic (exact) mass is 563 g/mol. The summed E-state index contributed by atoms with van der Waals surface area (Å²) in [5, 5.41) is 35.8. The first-order valence-electron chi connectivity index (χ1n) is 9.18. The Labute approximate surface area is 205 Å². The van der Waals surface area contributed by atoms with Crippen LogP contribution in [0.4, 0.5) is 37.7 Å². The molecule has 1 atom stereocenters. The number of imidazole rings is 1. The van der Waals surface area contributed by atoms with E-state index in [0.717, 1.165) is 18.2 Å². The fourth-order valence-corrected chi connectivity index (χ4v) is 1.93. The van der Waals surface area contributed by atoms with Crippen molar-refractivity contribution in [3.8, 4) is 0 Å². The summed E-state index contributed by atoms with van der Waals surface area (Å²) in [5.41, 5.74) is 5.53. The predicted molar refractivity (Wildman–Crippen MR) is 107 cm³/mol. The van der Waals surface area contributed by atoms with E-state index in [1.807, 2.05) is 0 Å². The quantitative estimate of drug-likeness (QED) is 0.164. The summed E-state index contributed by atoms with van der Waals surface area (Å²) in [4.78, 5) is 56.3. The highest BCUT2D eigenvalue weighted by Gasteiger charge is 2.38. The number of ether oxygens (including phenoxy) is 1. The van der Waals surface area contributed by atoms with Crippen LogP contribution in [0.25, 0.3) is 0 Å². The number of carboxylic acids is 2. The number of nitrogens with zero attached hydrogens (tertiary/aromatic N) is 3. The molecule has 1 aromatic heterocycles. The third-order valence-corrected chi connectivity index (χ3v) is 3.55.